The zero-order valence-corrected chi connectivity index (χ0v) is 12.7. The highest BCUT2D eigenvalue weighted by Crippen LogP contribution is 2.30. The standard InChI is InChI=1S/C20H13N3O/c21-13-14-6-8-16(9-7-14)23-19-12-17(24)10-11-18(19)22-20(23)15-4-2-1-3-5-15/h1-12,24H. The van der Waals surface area contributed by atoms with E-state index in [1.165, 1.54) is 0 Å². The Hall–Kier alpha value is -3.58. The maximum atomic E-state index is 9.88. The fourth-order valence-electron chi connectivity index (χ4n) is 2.79. The zero-order chi connectivity index (χ0) is 16.5. The molecular weight excluding hydrogens is 298 g/mol. The van der Waals surface area contributed by atoms with E-state index < -0.39 is 0 Å². The molecule has 1 heterocycles. The number of hydrogen-bond acceptors (Lipinski definition) is 3. The van der Waals surface area contributed by atoms with Gasteiger partial charge < -0.3 is 5.11 Å². The van der Waals surface area contributed by atoms with Gasteiger partial charge in [-0.1, -0.05) is 30.3 Å². The molecular formula is C20H13N3O. The van der Waals surface area contributed by atoms with Crippen LogP contribution in [0.1, 0.15) is 5.56 Å². The van der Waals surface area contributed by atoms with Crippen LogP contribution in [0.25, 0.3) is 28.1 Å². The molecule has 4 rings (SSSR count). The highest BCUT2D eigenvalue weighted by Gasteiger charge is 2.14. The maximum absolute atomic E-state index is 9.88. The molecule has 4 aromatic rings. The number of rotatable bonds is 2. The monoisotopic (exact) mass is 311 g/mol. The van der Waals surface area contributed by atoms with Gasteiger partial charge in [-0.15, -0.1) is 0 Å². The Balaban J connectivity index is 2.03. The first-order valence-electron chi connectivity index (χ1n) is 7.54. The van der Waals surface area contributed by atoms with Crippen molar-refractivity contribution in [3.05, 3.63) is 78.4 Å². The molecule has 4 heteroatoms. The number of nitrogens with zero attached hydrogens (tertiary/aromatic N) is 3. The summed E-state index contributed by atoms with van der Waals surface area (Å²) in [5.41, 5.74) is 4.10. The molecule has 0 saturated heterocycles. The predicted molar refractivity (Wildman–Crippen MR) is 92.9 cm³/mol. The molecule has 3 aromatic carbocycles. The van der Waals surface area contributed by atoms with Crippen molar-refractivity contribution in [3.8, 4) is 28.9 Å². The number of imidazole rings is 1. The van der Waals surface area contributed by atoms with Gasteiger partial charge in [-0.3, -0.25) is 4.57 Å². The van der Waals surface area contributed by atoms with Crippen LogP contribution < -0.4 is 0 Å². The van der Waals surface area contributed by atoms with Crippen molar-refractivity contribution >= 4 is 11.0 Å². The summed E-state index contributed by atoms with van der Waals surface area (Å²) in [4.78, 5) is 4.73. The molecule has 0 aliphatic heterocycles. The fraction of sp³-hybridized carbons (Fsp3) is 0. The van der Waals surface area contributed by atoms with Crippen molar-refractivity contribution in [1.82, 2.24) is 9.55 Å². The van der Waals surface area contributed by atoms with Crippen LogP contribution in [0.2, 0.25) is 0 Å². The summed E-state index contributed by atoms with van der Waals surface area (Å²) in [6, 6.07) is 24.5. The van der Waals surface area contributed by atoms with E-state index >= 15 is 0 Å². The summed E-state index contributed by atoms with van der Waals surface area (Å²) in [6.45, 7) is 0. The Morgan fingerprint density at radius 1 is 0.917 bits per heavy atom. The average Bonchev–Trinajstić information content (AvgIpc) is 3.01. The van der Waals surface area contributed by atoms with E-state index in [4.69, 9.17) is 10.2 Å². The smallest absolute Gasteiger partial charge is 0.145 e. The second-order valence-corrected chi connectivity index (χ2v) is 5.47. The fourth-order valence-corrected chi connectivity index (χ4v) is 2.79. The minimum absolute atomic E-state index is 0.192. The lowest BCUT2D eigenvalue weighted by atomic mass is 10.2. The molecule has 0 spiro atoms. The van der Waals surface area contributed by atoms with Gasteiger partial charge in [0.25, 0.3) is 0 Å². The Morgan fingerprint density at radius 3 is 2.38 bits per heavy atom. The molecule has 0 atom stereocenters. The number of nitriles is 1. The van der Waals surface area contributed by atoms with Crippen LogP contribution >= 0.6 is 0 Å². The molecule has 0 amide bonds. The lowest BCUT2D eigenvalue weighted by Crippen LogP contribution is -1.97. The van der Waals surface area contributed by atoms with Crippen molar-refractivity contribution in [2.24, 2.45) is 0 Å². The van der Waals surface area contributed by atoms with E-state index in [1.807, 2.05) is 47.0 Å². The Bertz CT molecular complexity index is 1060. The van der Waals surface area contributed by atoms with Crippen LogP contribution in [0.15, 0.2) is 72.8 Å². The number of benzene rings is 3. The van der Waals surface area contributed by atoms with E-state index in [2.05, 4.69) is 6.07 Å². The van der Waals surface area contributed by atoms with Crippen molar-refractivity contribution in [2.45, 2.75) is 0 Å². The molecule has 24 heavy (non-hydrogen) atoms. The topological polar surface area (TPSA) is 61.8 Å². The molecule has 1 aromatic heterocycles. The summed E-state index contributed by atoms with van der Waals surface area (Å²) >= 11 is 0. The Kier molecular flexibility index (Phi) is 3.25. The van der Waals surface area contributed by atoms with Gasteiger partial charge in [0.1, 0.15) is 11.6 Å². The second-order valence-electron chi connectivity index (χ2n) is 5.47. The molecule has 0 fully saturated rings. The first kappa shape index (κ1) is 14.0. The van der Waals surface area contributed by atoms with Crippen LogP contribution in [0.3, 0.4) is 0 Å². The van der Waals surface area contributed by atoms with E-state index in [-0.39, 0.29) is 5.75 Å². The minimum Gasteiger partial charge on any atom is -0.508 e. The zero-order valence-electron chi connectivity index (χ0n) is 12.7. The van der Waals surface area contributed by atoms with Crippen molar-refractivity contribution in [3.63, 3.8) is 0 Å². The highest BCUT2D eigenvalue weighted by molar-refractivity contribution is 5.84. The first-order valence-corrected chi connectivity index (χ1v) is 7.54. The summed E-state index contributed by atoms with van der Waals surface area (Å²) < 4.78 is 1.99. The summed E-state index contributed by atoms with van der Waals surface area (Å²) in [6.07, 6.45) is 0. The average molecular weight is 311 g/mol. The lowest BCUT2D eigenvalue weighted by Gasteiger charge is -2.09. The van der Waals surface area contributed by atoms with Crippen LogP contribution in [0.4, 0.5) is 0 Å². The third-order valence-electron chi connectivity index (χ3n) is 3.92. The highest BCUT2D eigenvalue weighted by atomic mass is 16.3. The van der Waals surface area contributed by atoms with E-state index in [0.29, 0.717) is 5.56 Å². The summed E-state index contributed by atoms with van der Waals surface area (Å²) in [5.74, 6) is 0.984. The van der Waals surface area contributed by atoms with Gasteiger partial charge in [-0.05, 0) is 36.4 Å². The van der Waals surface area contributed by atoms with Crippen LogP contribution in [0.5, 0.6) is 5.75 Å². The van der Waals surface area contributed by atoms with Gasteiger partial charge in [0.15, 0.2) is 0 Å². The predicted octanol–water partition coefficient (Wildman–Crippen LogP) is 4.27. The maximum Gasteiger partial charge on any atom is 0.145 e. The minimum atomic E-state index is 0.192. The molecule has 4 nitrogen and oxygen atoms in total. The summed E-state index contributed by atoms with van der Waals surface area (Å²) in [5, 5.41) is 18.9. The second kappa shape index (κ2) is 5.56. The van der Waals surface area contributed by atoms with Crippen LogP contribution in [0, 0.1) is 11.3 Å². The number of phenolic OH excluding ortho intramolecular Hbond substituents is 1. The molecule has 0 aliphatic rings. The van der Waals surface area contributed by atoms with Gasteiger partial charge in [-0.2, -0.15) is 5.26 Å². The number of hydrogen-bond donors (Lipinski definition) is 1. The van der Waals surface area contributed by atoms with Gasteiger partial charge in [0.2, 0.25) is 0 Å². The van der Waals surface area contributed by atoms with Crippen LogP contribution in [-0.4, -0.2) is 14.7 Å². The van der Waals surface area contributed by atoms with Gasteiger partial charge in [-0.25, -0.2) is 4.98 Å². The van der Waals surface area contributed by atoms with Gasteiger partial charge in [0, 0.05) is 17.3 Å². The van der Waals surface area contributed by atoms with Crippen molar-refractivity contribution < 1.29 is 5.11 Å². The normalized spacial score (nSPS) is 10.6. The number of aromatic nitrogens is 2. The quantitative estimate of drug-likeness (QED) is 0.601. The van der Waals surface area contributed by atoms with E-state index in [1.54, 1.807) is 30.3 Å². The largest absolute Gasteiger partial charge is 0.508 e. The third-order valence-corrected chi connectivity index (χ3v) is 3.92. The van der Waals surface area contributed by atoms with Crippen LogP contribution in [-0.2, 0) is 0 Å². The Labute approximate surface area is 138 Å². The molecule has 0 bridgehead atoms. The molecule has 0 saturated carbocycles. The Morgan fingerprint density at radius 2 is 1.67 bits per heavy atom. The number of aromatic hydroxyl groups is 1. The molecule has 0 radical (unpaired) electrons. The molecule has 1 N–H and O–H groups in total. The summed E-state index contributed by atoms with van der Waals surface area (Å²) in [7, 11) is 0. The third kappa shape index (κ3) is 2.29. The first-order chi connectivity index (χ1) is 11.8. The van der Waals surface area contributed by atoms with E-state index in [9.17, 15) is 5.11 Å². The van der Waals surface area contributed by atoms with Crippen molar-refractivity contribution in [2.75, 3.05) is 0 Å². The molecule has 114 valence electrons. The SMILES string of the molecule is N#Cc1ccc(-n2c(-c3ccccc3)nc3ccc(O)cc32)cc1. The number of fused-ring (bicyclic) bond motifs is 1. The van der Waals surface area contributed by atoms with E-state index in [0.717, 1.165) is 28.1 Å². The van der Waals surface area contributed by atoms with Crippen molar-refractivity contribution in [1.29, 1.82) is 5.26 Å². The lowest BCUT2D eigenvalue weighted by molar-refractivity contribution is 0.476. The number of phenols is 1. The molecule has 0 aliphatic carbocycles. The van der Waals surface area contributed by atoms with Gasteiger partial charge in [0.05, 0.1) is 22.7 Å². The van der Waals surface area contributed by atoms with Gasteiger partial charge >= 0.3 is 0 Å². The molecule has 0 unspecified atom stereocenters.